The first-order valence-corrected chi connectivity index (χ1v) is 5.41. The second kappa shape index (κ2) is 3.77. The maximum atomic E-state index is 9.68. The summed E-state index contributed by atoms with van der Waals surface area (Å²) in [7, 11) is 0. The van der Waals surface area contributed by atoms with Gasteiger partial charge in [0.25, 0.3) is 0 Å². The molecule has 0 radical (unpaired) electrons. The predicted molar refractivity (Wildman–Crippen MR) is 54.3 cm³/mol. The van der Waals surface area contributed by atoms with Crippen LogP contribution in [-0.2, 0) is 4.74 Å². The van der Waals surface area contributed by atoms with Gasteiger partial charge in [-0.2, -0.15) is 0 Å². The van der Waals surface area contributed by atoms with Crippen LogP contribution >= 0.6 is 0 Å². The topological polar surface area (TPSA) is 44.7 Å². The molecule has 0 aromatic carbocycles. The zero-order chi connectivity index (χ0) is 10.2. The highest BCUT2D eigenvalue weighted by molar-refractivity contribution is 5.01. The fraction of sp³-hybridized carbons (Fsp3) is 1.00. The van der Waals surface area contributed by atoms with Gasteiger partial charge in [-0.25, -0.2) is 0 Å². The van der Waals surface area contributed by atoms with Crippen LogP contribution in [0, 0.1) is 0 Å². The van der Waals surface area contributed by atoms with Crippen molar-refractivity contribution in [1.82, 2.24) is 10.2 Å². The second-order valence-corrected chi connectivity index (χ2v) is 4.58. The Morgan fingerprint density at radius 3 is 2.71 bits per heavy atom. The molecule has 0 aliphatic carbocycles. The van der Waals surface area contributed by atoms with Crippen molar-refractivity contribution in [2.75, 3.05) is 32.8 Å². The van der Waals surface area contributed by atoms with Gasteiger partial charge in [-0.05, 0) is 13.8 Å². The highest BCUT2D eigenvalue weighted by atomic mass is 16.5. The van der Waals surface area contributed by atoms with Gasteiger partial charge in [0.05, 0.1) is 11.7 Å². The van der Waals surface area contributed by atoms with Crippen LogP contribution in [0.4, 0.5) is 0 Å². The van der Waals surface area contributed by atoms with Crippen molar-refractivity contribution in [3.05, 3.63) is 0 Å². The third-order valence-corrected chi connectivity index (χ3v) is 3.19. The average Bonchev–Trinajstić information content (AvgIpc) is 2.47. The summed E-state index contributed by atoms with van der Waals surface area (Å²) in [5.74, 6) is 0. The number of aliphatic hydroxyl groups excluding tert-OH is 1. The molecule has 14 heavy (non-hydrogen) atoms. The number of likely N-dealkylation sites (tertiary alicyclic amines) is 1. The zero-order valence-corrected chi connectivity index (χ0v) is 8.99. The van der Waals surface area contributed by atoms with E-state index in [2.05, 4.69) is 17.1 Å². The lowest BCUT2D eigenvalue weighted by Crippen LogP contribution is -2.66. The molecule has 2 aliphatic rings. The van der Waals surface area contributed by atoms with Crippen LogP contribution in [0.2, 0.25) is 0 Å². The molecule has 0 aromatic heterocycles. The van der Waals surface area contributed by atoms with E-state index in [0.29, 0.717) is 6.04 Å². The molecule has 0 aromatic rings. The molecule has 0 saturated carbocycles. The smallest absolute Gasteiger partial charge is 0.0907 e. The van der Waals surface area contributed by atoms with Crippen molar-refractivity contribution in [2.45, 2.75) is 31.6 Å². The lowest BCUT2D eigenvalue weighted by Gasteiger charge is -2.50. The van der Waals surface area contributed by atoms with Crippen molar-refractivity contribution in [1.29, 1.82) is 0 Å². The van der Waals surface area contributed by atoms with Crippen LogP contribution in [0.3, 0.4) is 0 Å². The van der Waals surface area contributed by atoms with Gasteiger partial charge in [-0.1, -0.05) is 0 Å². The predicted octanol–water partition coefficient (Wildman–Crippen LogP) is -0.570. The number of hydrogen-bond acceptors (Lipinski definition) is 4. The summed E-state index contributed by atoms with van der Waals surface area (Å²) in [4.78, 5) is 2.31. The second-order valence-electron chi connectivity index (χ2n) is 4.58. The van der Waals surface area contributed by atoms with E-state index in [-0.39, 0.29) is 11.7 Å². The van der Waals surface area contributed by atoms with Crippen LogP contribution in [0.5, 0.6) is 0 Å². The number of ether oxygens (including phenoxy) is 1. The molecule has 2 N–H and O–H groups in total. The van der Waals surface area contributed by atoms with E-state index in [0.717, 1.165) is 32.8 Å². The number of β-amino-alcohol motifs (C(OH)–C–C–N with tert-alkyl or cyclic N) is 1. The maximum Gasteiger partial charge on any atom is 0.0907 e. The fourth-order valence-electron chi connectivity index (χ4n) is 2.51. The molecule has 4 heteroatoms. The molecule has 0 amide bonds. The van der Waals surface area contributed by atoms with Gasteiger partial charge < -0.3 is 15.2 Å². The molecule has 0 bridgehead atoms. The Balaban J connectivity index is 1.81. The molecule has 2 heterocycles. The monoisotopic (exact) mass is 200 g/mol. The molecule has 2 atom stereocenters. The SMILES string of the molecule is CCOC1(C)CN(C2CNCC2O)C1. The molecular weight excluding hydrogens is 180 g/mol. The number of hydrogen-bond donors (Lipinski definition) is 2. The average molecular weight is 200 g/mol. The van der Waals surface area contributed by atoms with Crippen molar-refractivity contribution >= 4 is 0 Å². The number of nitrogens with zero attached hydrogens (tertiary/aromatic N) is 1. The lowest BCUT2D eigenvalue weighted by molar-refractivity contribution is -0.148. The molecule has 2 unspecified atom stereocenters. The first-order valence-electron chi connectivity index (χ1n) is 5.41. The first-order chi connectivity index (χ1) is 6.64. The van der Waals surface area contributed by atoms with Gasteiger partial charge in [0.15, 0.2) is 0 Å². The summed E-state index contributed by atoms with van der Waals surface area (Å²) in [5.41, 5.74) is 0.0249. The number of aliphatic hydroxyl groups is 1. The molecule has 2 aliphatic heterocycles. The normalized spacial score (nSPS) is 37.1. The summed E-state index contributed by atoms with van der Waals surface area (Å²) in [6, 6.07) is 0.295. The number of rotatable bonds is 3. The molecule has 0 spiro atoms. The van der Waals surface area contributed by atoms with Crippen LogP contribution < -0.4 is 5.32 Å². The third-order valence-electron chi connectivity index (χ3n) is 3.19. The molecule has 82 valence electrons. The van der Waals surface area contributed by atoms with Crippen molar-refractivity contribution in [2.24, 2.45) is 0 Å². The summed E-state index contributed by atoms with van der Waals surface area (Å²) < 4.78 is 5.65. The quantitative estimate of drug-likeness (QED) is 0.640. The molecule has 2 saturated heterocycles. The minimum Gasteiger partial charge on any atom is -0.390 e. The van der Waals surface area contributed by atoms with Gasteiger partial charge in [0.2, 0.25) is 0 Å². The van der Waals surface area contributed by atoms with E-state index < -0.39 is 0 Å². The summed E-state index contributed by atoms with van der Waals surface area (Å²) in [6.45, 7) is 8.47. The van der Waals surface area contributed by atoms with Gasteiger partial charge in [-0.3, -0.25) is 4.90 Å². The molecule has 4 nitrogen and oxygen atoms in total. The van der Waals surface area contributed by atoms with Gasteiger partial charge >= 0.3 is 0 Å². The van der Waals surface area contributed by atoms with Gasteiger partial charge in [0, 0.05) is 38.8 Å². The van der Waals surface area contributed by atoms with E-state index in [1.54, 1.807) is 0 Å². The van der Waals surface area contributed by atoms with E-state index in [1.165, 1.54) is 0 Å². The molecule has 2 rings (SSSR count). The van der Waals surface area contributed by atoms with Crippen LogP contribution in [0.15, 0.2) is 0 Å². The van der Waals surface area contributed by atoms with E-state index in [4.69, 9.17) is 4.74 Å². The molecular formula is C10H20N2O2. The van der Waals surface area contributed by atoms with E-state index in [9.17, 15) is 5.11 Å². The molecule has 2 fully saturated rings. The van der Waals surface area contributed by atoms with E-state index >= 15 is 0 Å². The fourth-order valence-corrected chi connectivity index (χ4v) is 2.51. The Morgan fingerprint density at radius 2 is 2.21 bits per heavy atom. The van der Waals surface area contributed by atoms with Crippen LogP contribution in [0.25, 0.3) is 0 Å². The summed E-state index contributed by atoms with van der Waals surface area (Å²) in [5, 5.41) is 12.9. The van der Waals surface area contributed by atoms with Crippen molar-refractivity contribution < 1.29 is 9.84 Å². The summed E-state index contributed by atoms with van der Waals surface area (Å²) in [6.07, 6.45) is -0.207. The maximum absolute atomic E-state index is 9.68. The number of nitrogens with one attached hydrogen (secondary N) is 1. The Bertz CT molecular complexity index is 204. The van der Waals surface area contributed by atoms with Crippen LogP contribution in [-0.4, -0.2) is 60.5 Å². The first kappa shape index (κ1) is 10.4. The lowest BCUT2D eigenvalue weighted by atomic mass is 9.93. The van der Waals surface area contributed by atoms with Crippen molar-refractivity contribution in [3.63, 3.8) is 0 Å². The standard InChI is InChI=1S/C10H20N2O2/c1-3-14-10(2)6-12(7-10)8-4-11-5-9(8)13/h8-9,11,13H,3-7H2,1-2H3. The summed E-state index contributed by atoms with van der Waals surface area (Å²) >= 11 is 0. The van der Waals surface area contributed by atoms with Crippen molar-refractivity contribution in [3.8, 4) is 0 Å². The highest BCUT2D eigenvalue weighted by Gasteiger charge is 2.45. The Kier molecular flexibility index (Phi) is 2.79. The Hall–Kier alpha value is -0.160. The minimum atomic E-state index is -0.207. The van der Waals surface area contributed by atoms with Gasteiger partial charge in [0.1, 0.15) is 0 Å². The highest BCUT2D eigenvalue weighted by Crippen LogP contribution is 2.28. The van der Waals surface area contributed by atoms with E-state index in [1.807, 2.05) is 6.92 Å². The van der Waals surface area contributed by atoms with Gasteiger partial charge in [-0.15, -0.1) is 0 Å². The largest absolute Gasteiger partial charge is 0.390 e. The Labute approximate surface area is 85.2 Å². The zero-order valence-electron chi connectivity index (χ0n) is 8.99. The minimum absolute atomic E-state index is 0.0249. The third kappa shape index (κ3) is 1.80. The Morgan fingerprint density at radius 1 is 1.50 bits per heavy atom. The van der Waals surface area contributed by atoms with Crippen LogP contribution in [0.1, 0.15) is 13.8 Å².